The Balaban J connectivity index is 1.62. The van der Waals surface area contributed by atoms with Crippen molar-refractivity contribution in [3.05, 3.63) is 0 Å². The third-order valence-corrected chi connectivity index (χ3v) is 7.44. The van der Waals surface area contributed by atoms with Gasteiger partial charge in [0.2, 0.25) is 0 Å². The molecular formula is C15H30N2O2S2. The van der Waals surface area contributed by atoms with Gasteiger partial charge in [-0.05, 0) is 37.6 Å². The second-order valence-corrected chi connectivity index (χ2v) is 10.2. The number of hydrogen-bond acceptors (Lipinski definition) is 5. The molecule has 0 spiro atoms. The third-order valence-electron chi connectivity index (χ3n) is 4.46. The highest BCUT2D eigenvalue weighted by atomic mass is 32.2. The molecule has 0 aromatic rings. The molecule has 6 heteroatoms. The first-order valence-corrected chi connectivity index (χ1v) is 11.2. The van der Waals surface area contributed by atoms with E-state index >= 15 is 0 Å². The zero-order valence-corrected chi connectivity index (χ0v) is 15.1. The van der Waals surface area contributed by atoms with E-state index in [1.807, 2.05) is 0 Å². The summed E-state index contributed by atoms with van der Waals surface area (Å²) in [5.41, 5.74) is 0. The fourth-order valence-corrected chi connectivity index (χ4v) is 5.37. The molecular weight excluding hydrogens is 304 g/mol. The van der Waals surface area contributed by atoms with E-state index in [0.29, 0.717) is 17.5 Å². The number of sulfone groups is 1. The summed E-state index contributed by atoms with van der Waals surface area (Å²) in [4.78, 5) is 4.98. The van der Waals surface area contributed by atoms with E-state index in [9.17, 15) is 8.42 Å². The first kappa shape index (κ1) is 17.6. The van der Waals surface area contributed by atoms with Gasteiger partial charge in [-0.1, -0.05) is 13.8 Å². The van der Waals surface area contributed by atoms with Crippen molar-refractivity contribution < 1.29 is 8.42 Å². The van der Waals surface area contributed by atoms with Crippen LogP contribution in [-0.2, 0) is 9.84 Å². The van der Waals surface area contributed by atoms with Gasteiger partial charge in [0.1, 0.15) is 0 Å². The molecule has 0 aromatic heterocycles. The van der Waals surface area contributed by atoms with Crippen molar-refractivity contribution in [2.75, 3.05) is 55.7 Å². The quantitative estimate of drug-likeness (QED) is 0.690. The minimum Gasteiger partial charge on any atom is -0.302 e. The van der Waals surface area contributed by atoms with E-state index in [1.54, 1.807) is 0 Å². The van der Waals surface area contributed by atoms with Gasteiger partial charge in [0.15, 0.2) is 9.84 Å². The Morgan fingerprint density at radius 1 is 1.10 bits per heavy atom. The minimum atomic E-state index is -2.74. The van der Waals surface area contributed by atoms with Crippen LogP contribution < -0.4 is 0 Å². The van der Waals surface area contributed by atoms with Crippen LogP contribution >= 0.6 is 11.8 Å². The molecule has 0 bridgehead atoms. The van der Waals surface area contributed by atoms with E-state index in [0.717, 1.165) is 19.0 Å². The normalized spacial score (nSPS) is 25.5. The SMILES string of the molecule is CC(C)CSCCN1CCC(N2CCS(=O)(=O)CC2)CC1. The predicted molar refractivity (Wildman–Crippen MR) is 91.9 cm³/mol. The van der Waals surface area contributed by atoms with Gasteiger partial charge in [-0.25, -0.2) is 8.42 Å². The zero-order chi connectivity index (χ0) is 15.3. The molecule has 124 valence electrons. The monoisotopic (exact) mass is 334 g/mol. The second-order valence-electron chi connectivity index (χ2n) is 6.73. The maximum atomic E-state index is 11.5. The predicted octanol–water partition coefficient (Wildman–Crippen LogP) is 1.57. The van der Waals surface area contributed by atoms with Gasteiger partial charge < -0.3 is 4.90 Å². The minimum absolute atomic E-state index is 0.360. The topological polar surface area (TPSA) is 40.6 Å². The van der Waals surface area contributed by atoms with Crippen molar-refractivity contribution in [3.63, 3.8) is 0 Å². The number of piperidine rings is 1. The van der Waals surface area contributed by atoms with E-state index in [-0.39, 0.29) is 0 Å². The smallest absolute Gasteiger partial charge is 0.152 e. The molecule has 2 rings (SSSR count). The molecule has 0 amide bonds. The average molecular weight is 335 g/mol. The van der Waals surface area contributed by atoms with Crippen molar-refractivity contribution in [1.29, 1.82) is 0 Å². The lowest BCUT2D eigenvalue weighted by Crippen LogP contribution is -2.50. The van der Waals surface area contributed by atoms with Crippen LogP contribution in [0.5, 0.6) is 0 Å². The Morgan fingerprint density at radius 3 is 2.29 bits per heavy atom. The molecule has 2 saturated heterocycles. The number of likely N-dealkylation sites (tertiary alicyclic amines) is 1. The van der Waals surface area contributed by atoms with Crippen LogP contribution in [0.15, 0.2) is 0 Å². The van der Waals surface area contributed by atoms with Crippen molar-refractivity contribution in [3.8, 4) is 0 Å². The Kier molecular flexibility index (Phi) is 6.84. The van der Waals surface area contributed by atoms with Crippen LogP contribution in [0, 0.1) is 5.92 Å². The molecule has 2 aliphatic rings. The van der Waals surface area contributed by atoms with Gasteiger partial charge in [-0.3, -0.25) is 4.90 Å². The molecule has 2 fully saturated rings. The fourth-order valence-electron chi connectivity index (χ4n) is 3.11. The summed E-state index contributed by atoms with van der Waals surface area (Å²) in [5.74, 6) is 4.01. The highest BCUT2D eigenvalue weighted by Gasteiger charge is 2.29. The Hall–Kier alpha value is 0.220. The standard InChI is InChI=1S/C15H30N2O2S2/c1-14(2)13-20-10-7-16-5-3-15(4-6-16)17-8-11-21(18,19)12-9-17/h14-15H,3-13H2,1-2H3. The molecule has 2 heterocycles. The molecule has 0 aromatic carbocycles. The van der Waals surface area contributed by atoms with Crippen LogP contribution in [0.4, 0.5) is 0 Å². The molecule has 21 heavy (non-hydrogen) atoms. The molecule has 0 unspecified atom stereocenters. The number of rotatable bonds is 6. The number of hydrogen-bond donors (Lipinski definition) is 0. The third kappa shape index (κ3) is 6.08. The summed E-state index contributed by atoms with van der Waals surface area (Å²) in [7, 11) is -2.74. The molecule has 2 aliphatic heterocycles. The molecule has 0 N–H and O–H groups in total. The lowest BCUT2D eigenvalue weighted by atomic mass is 10.0. The summed E-state index contributed by atoms with van der Waals surface area (Å²) in [5, 5.41) is 0. The fraction of sp³-hybridized carbons (Fsp3) is 1.00. The molecule has 0 aliphatic carbocycles. The summed E-state index contributed by atoms with van der Waals surface area (Å²) < 4.78 is 23.0. The van der Waals surface area contributed by atoms with Gasteiger partial charge in [0.05, 0.1) is 11.5 Å². The molecule has 4 nitrogen and oxygen atoms in total. The van der Waals surface area contributed by atoms with Gasteiger partial charge in [0, 0.05) is 31.4 Å². The highest BCUT2D eigenvalue weighted by Crippen LogP contribution is 2.19. The van der Waals surface area contributed by atoms with Gasteiger partial charge in [0.25, 0.3) is 0 Å². The van der Waals surface area contributed by atoms with E-state index in [1.165, 1.54) is 44.0 Å². The molecule has 0 atom stereocenters. The van der Waals surface area contributed by atoms with Crippen LogP contribution in [0.3, 0.4) is 0 Å². The van der Waals surface area contributed by atoms with Crippen molar-refractivity contribution in [2.24, 2.45) is 5.92 Å². The summed E-state index contributed by atoms with van der Waals surface area (Å²) in [6.45, 7) is 9.61. The van der Waals surface area contributed by atoms with Crippen LogP contribution in [-0.4, -0.2) is 80.0 Å². The van der Waals surface area contributed by atoms with E-state index in [4.69, 9.17) is 0 Å². The molecule has 0 radical (unpaired) electrons. The largest absolute Gasteiger partial charge is 0.302 e. The van der Waals surface area contributed by atoms with Crippen LogP contribution in [0.25, 0.3) is 0 Å². The van der Waals surface area contributed by atoms with Crippen LogP contribution in [0.2, 0.25) is 0 Å². The number of nitrogens with zero attached hydrogens (tertiary/aromatic N) is 2. The Labute approximate surface area is 134 Å². The lowest BCUT2D eigenvalue weighted by molar-refractivity contribution is 0.119. The zero-order valence-electron chi connectivity index (χ0n) is 13.5. The maximum Gasteiger partial charge on any atom is 0.152 e. The van der Waals surface area contributed by atoms with Crippen molar-refractivity contribution >= 4 is 21.6 Å². The first-order chi connectivity index (χ1) is 9.96. The van der Waals surface area contributed by atoms with E-state index in [2.05, 4.69) is 35.4 Å². The van der Waals surface area contributed by atoms with Gasteiger partial charge in [-0.2, -0.15) is 11.8 Å². The molecule has 0 saturated carbocycles. The van der Waals surface area contributed by atoms with Crippen LogP contribution in [0.1, 0.15) is 26.7 Å². The van der Waals surface area contributed by atoms with Crippen molar-refractivity contribution in [1.82, 2.24) is 9.80 Å². The van der Waals surface area contributed by atoms with Gasteiger partial charge in [-0.15, -0.1) is 0 Å². The Bertz CT molecular complexity index is 390. The summed E-state index contributed by atoms with van der Waals surface area (Å²) in [6.07, 6.45) is 2.41. The summed E-state index contributed by atoms with van der Waals surface area (Å²) in [6, 6.07) is 0.611. The second kappa shape index (κ2) is 8.18. The van der Waals surface area contributed by atoms with Gasteiger partial charge >= 0.3 is 0 Å². The van der Waals surface area contributed by atoms with Crippen molar-refractivity contribution in [2.45, 2.75) is 32.7 Å². The number of thioether (sulfide) groups is 1. The average Bonchev–Trinajstić information content (AvgIpc) is 2.44. The van der Waals surface area contributed by atoms with E-state index < -0.39 is 9.84 Å². The Morgan fingerprint density at radius 2 is 1.71 bits per heavy atom. The summed E-state index contributed by atoms with van der Waals surface area (Å²) >= 11 is 2.06. The maximum absolute atomic E-state index is 11.5. The first-order valence-electron chi connectivity index (χ1n) is 8.21. The lowest BCUT2D eigenvalue weighted by Gasteiger charge is -2.40. The highest BCUT2D eigenvalue weighted by molar-refractivity contribution is 7.99.